The predicted octanol–water partition coefficient (Wildman–Crippen LogP) is 1.85. The van der Waals surface area contributed by atoms with E-state index >= 15 is 0 Å². The Kier molecular flexibility index (Phi) is 3.98. The van der Waals surface area contributed by atoms with E-state index in [0.717, 1.165) is 5.56 Å². The van der Waals surface area contributed by atoms with Gasteiger partial charge >= 0.3 is 6.03 Å². The molecule has 20 heavy (non-hydrogen) atoms. The molecule has 5 heteroatoms. The summed E-state index contributed by atoms with van der Waals surface area (Å²) >= 11 is 0. The van der Waals surface area contributed by atoms with Crippen LogP contribution in [0.15, 0.2) is 36.4 Å². The number of carbonyl (C=O) groups excluding carboxylic acids is 3. The van der Waals surface area contributed by atoms with Gasteiger partial charge in [-0.1, -0.05) is 49.4 Å². The van der Waals surface area contributed by atoms with E-state index in [9.17, 15) is 14.4 Å². The zero-order valence-corrected chi connectivity index (χ0v) is 11.2. The van der Waals surface area contributed by atoms with Crippen LogP contribution in [-0.2, 0) is 9.59 Å². The highest BCUT2D eigenvalue weighted by molar-refractivity contribution is 6.19. The number of hydrogen-bond acceptors (Lipinski definition) is 3. The number of rotatable bonds is 4. The van der Waals surface area contributed by atoms with E-state index in [1.807, 2.05) is 36.4 Å². The second-order valence-electron chi connectivity index (χ2n) is 4.69. The van der Waals surface area contributed by atoms with Gasteiger partial charge in [-0.15, -0.1) is 0 Å². The molecule has 0 aromatic heterocycles. The fourth-order valence-corrected chi connectivity index (χ4v) is 2.19. The summed E-state index contributed by atoms with van der Waals surface area (Å²) in [7, 11) is 0. The summed E-state index contributed by atoms with van der Waals surface area (Å²) in [5.41, 5.74) is -0.217. The molecule has 1 aromatic rings. The van der Waals surface area contributed by atoms with Gasteiger partial charge in [-0.25, -0.2) is 4.79 Å². The van der Waals surface area contributed by atoms with Gasteiger partial charge < -0.3 is 0 Å². The molecule has 2 N–H and O–H groups in total. The predicted molar refractivity (Wildman–Crippen MR) is 74.5 cm³/mol. The van der Waals surface area contributed by atoms with Gasteiger partial charge in [0.05, 0.1) is 0 Å². The van der Waals surface area contributed by atoms with E-state index in [2.05, 4.69) is 10.6 Å². The molecular weight excluding hydrogens is 256 g/mol. The highest BCUT2D eigenvalue weighted by Gasteiger charge is 2.47. The largest absolute Gasteiger partial charge is 0.328 e. The van der Waals surface area contributed by atoms with E-state index in [1.165, 1.54) is 0 Å². The molecule has 1 aliphatic heterocycles. The number of barbiturate groups is 1. The standard InChI is InChI=1S/C15H16N2O3/c1-2-15(12(18)16-14(20)17-13(15)19)10-6-9-11-7-4-3-5-8-11/h3-9H,2,10H2,1H3,(H2,16,17,18,19,20)/b9-6+. The third-order valence-electron chi connectivity index (χ3n) is 3.50. The van der Waals surface area contributed by atoms with Gasteiger partial charge in [0, 0.05) is 0 Å². The second-order valence-corrected chi connectivity index (χ2v) is 4.69. The van der Waals surface area contributed by atoms with Gasteiger partial charge in [0.15, 0.2) is 0 Å². The van der Waals surface area contributed by atoms with Crippen LogP contribution in [0.1, 0.15) is 25.3 Å². The fourth-order valence-electron chi connectivity index (χ4n) is 2.19. The van der Waals surface area contributed by atoms with Crippen molar-refractivity contribution in [2.24, 2.45) is 5.41 Å². The van der Waals surface area contributed by atoms with Crippen molar-refractivity contribution >= 4 is 23.9 Å². The van der Waals surface area contributed by atoms with Crippen LogP contribution >= 0.6 is 0 Å². The second kappa shape index (κ2) is 5.69. The normalized spacial score (nSPS) is 17.9. The molecule has 1 aliphatic rings. The van der Waals surface area contributed by atoms with E-state index in [-0.39, 0.29) is 6.42 Å². The lowest BCUT2D eigenvalue weighted by Crippen LogP contribution is -2.62. The van der Waals surface area contributed by atoms with Crippen molar-refractivity contribution in [2.75, 3.05) is 0 Å². The van der Waals surface area contributed by atoms with Gasteiger partial charge in [-0.2, -0.15) is 0 Å². The SMILES string of the molecule is CCC1(C/C=C/c2ccccc2)C(=O)NC(=O)NC1=O. The van der Waals surface area contributed by atoms with Crippen molar-refractivity contribution in [1.82, 2.24) is 10.6 Å². The average molecular weight is 272 g/mol. The van der Waals surface area contributed by atoms with Crippen molar-refractivity contribution < 1.29 is 14.4 Å². The average Bonchev–Trinajstić information content (AvgIpc) is 2.43. The maximum absolute atomic E-state index is 12.0. The van der Waals surface area contributed by atoms with Crippen LogP contribution in [0.5, 0.6) is 0 Å². The zero-order valence-electron chi connectivity index (χ0n) is 11.2. The molecule has 0 atom stereocenters. The monoisotopic (exact) mass is 272 g/mol. The molecule has 0 bridgehead atoms. The van der Waals surface area contributed by atoms with Gasteiger partial charge in [-0.3, -0.25) is 20.2 Å². The van der Waals surface area contributed by atoms with Gasteiger partial charge in [0.1, 0.15) is 5.41 Å². The van der Waals surface area contributed by atoms with Gasteiger partial charge in [0.2, 0.25) is 11.8 Å². The number of amides is 4. The first kappa shape index (κ1) is 14.0. The third-order valence-corrected chi connectivity index (χ3v) is 3.50. The molecule has 1 saturated heterocycles. The molecule has 4 amide bonds. The number of benzene rings is 1. The molecule has 5 nitrogen and oxygen atoms in total. The quantitative estimate of drug-likeness (QED) is 0.821. The highest BCUT2D eigenvalue weighted by Crippen LogP contribution is 2.30. The Labute approximate surface area is 117 Å². The maximum atomic E-state index is 12.0. The molecule has 2 rings (SSSR count). The van der Waals surface area contributed by atoms with Crippen LogP contribution in [0.3, 0.4) is 0 Å². The maximum Gasteiger partial charge on any atom is 0.328 e. The molecule has 0 spiro atoms. The van der Waals surface area contributed by atoms with E-state index in [1.54, 1.807) is 13.0 Å². The van der Waals surface area contributed by atoms with Crippen molar-refractivity contribution in [3.8, 4) is 0 Å². The molecule has 104 valence electrons. The van der Waals surface area contributed by atoms with Gasteiger partial charge in [0.25, 0.3) is 0 Å². The summed E-state index contributed by atoms with van der Waals surface area (Å²) < 4.78 is 0. The van der Waals surface area contributed by atoms with Crippen LogP contribution in [-0.4, -0.2) is 17.8 Å². The smallest absolute Gasteiger partial charge is 0.277 e. The van der Waals surface area contributed by atoms with Crippen LogP contribution in [0.2, 0.25) is 0 Å². The fraction of sp³-hybridized carbons (Fsp3) is 0.267. The lowest BCUT2D eigenvalue weighted by Gasteiger charge is -2.32. The molecule has 1 heterocycles. The van der Waals surface area contributed by atoms with E-state index in [4.69, 9.17) is 0 Å². The minimum absolute atomic E-state index is 0.253. The minimum Gasteiger partial charge on any atom is -0.277 e. The molecule has 1 fully saturated rings. The first-order valence-corrected chi connectivity index (χ1v) is 6.47. The molecule has 0 aliphatic carbocycles. The number of imide groups is 2. The van der Waals surface area contributed by atoms with Gasteiger partial charge in [-0.05, 0) is 18.4 Å². The first-order chi connectivity index (χ1) is 9.58. The van der Waals surface area contributed by atoms with E-state index in [0.29, 0.717) is 6.42 Å². The minimum atomic E-state index is -1.21. The van der Waals surface area contributed by atoms with E-state index < -0.39 is 23.3 Å². The summed E-state index contributed by atoms with van der Waals surface area (Å²) in [6, 6.07) is 8.84. The molecule has 0 radical (unpaired) electrons. The Balaban J connectivity index is 2.16. The lowest BCUT2D eigenvalue weighted by atomic mass is 9.78. The zero-order chi connectivity index (χ0) is 14.6. The number of allylic oxidation sites excluding steroid dienone is 1. The number of urea groups is 1. The Hall–Kier alpha value is -2.43. The molecule has 0 saturated carbocycles. The first-order valence-electron chi connectivity index (χ1n) is 6.47. The Morgan fingerprint density at radius 2 is 1.65 bits per heavy atom. The molecule has 1 aromatic carbocycles. The van der Waals surface area contributed by atoms with Crippen molar-refractivity contribution in [1.29, 1.82) is 0 Å². The van der Waals surface area contributed by atoms with Crippen molar-refractivity contribution in [2.45, 2.75) is 19.8 Å². The number of nitrogens with one attached hydrogen (secondary N) is 2. The van der Waals surface area contributed by atoms with Crippen molar-refractivity contribution in [3.63, 3.8) is 0 Å². The van der Waals surface area contributed by atoms with Crippen LogP contribution in [0.25, 0.3) is 6.08 Å². The van der Waals surface area contributed by atoms with Crippen LogP contribution < -0.4 is 10.6 Å². The Bertz CT molecular complexity index is 544. The topological polar surface area (TPSA) is 75.3 Å². The van der Waals surface area contributed by atoms with Crippen molar-refractivity contribution in [3.05, 3.63) is 42.0 Å². The van der Waals surface area contributed by atoms with Crippen LogP contribution in [0, 0.1) is 5.41 Å². The number of hydrogen-bond donors (Lipinski definition) is 2. The molecular formula is C15H16N2O3. The summed E-state index contributed by atoms with van der Waals surface area (Å²) in [5, 5.41) is 4.31. The number of carbonyl (C=O) groups is 3. The third kappa shape index (κ3) is 2.61. The Morgan fingerprint density at radius 1 is 1.05 bits per heavy atom. The van der Waals surface area contributed by atoms with Crippen LogP contribution in [0.4, 0.5) is 4.79 Å². The summed E-state index contributed by atoms with van der Waals surface area (Å²) in [5.74, 6) is -1.07. The summed E-state index contributed by atoms with van der Waals surface area (Å²) in [4.78, 5) is 35.1. The summed E-state index contributed by atoms with van der Waals surface area (Å²) in [6.07, 6.45) is 4.22. The molecule has 0 unspecified atom stereocenters. The lowest BCUT2D eigenvalue weighted by molar-refractivity contribution is -0.144. The Morgan fingerprint density at radius 3 is 2.20 bits per heavy atom. The highest BCUT2D eigenvalue weighted by atomic mass is 16.2. The summed E-state index contributed by atoms with van der Waals surface area (Å²) in [6.45, 7) is 1.76.